The smallest absolute Gasteiger partial charge is 0.434 e. The van der Waals surface area contributed by atoms with Gasteiger partial charge in [0.1, 0.15) is 27.8 Å². The standard InChI is InChI=1S/C31H28B2F3N7O/c1-4-6-21-24(25(18-8-9-18)39-16-38-21)27-40-22-7-5-14-37-26(22)29(42-27)44-30(32,33)20-12-10-19(11-13-20)28-41-23(31(34,35)36)15-43(28)17(2)3/h5,7,10-18H,4,6,8-9H2,1-3H3. The highest BCUT2D eigenvalue weighted by atomic mass is 19.4. The highest BCUT2D eigenvalue weighted by Crippen LogP contribution is 2.44. The van der Waals surface area contributed by atoms with Crippen LogP contribution in [0.25, 0.3) is 33.8 Å². The number of fused-ring (bicyclic) bond motifs is 1. The molecule has 4 heterocycles. The summed E-state index contributed by atoms with van der Waals surface area (Å²) in [5.41, 5.74) is 3.32. The maximum atomic E-state index is 13.4. The molecule has 0 amide bonds. The van der Waals surface area contributed by atoms with Gasteiger partial charge in [0, 0.05) is 29.9 Å². The lowest BCUT2D eigenvalue weighted by Crippen LogP contribution is -2.34. The van der Waals surface area contributed by atoms with Crippen molar-refractivity contribution in [1.82, 2.24) is 34.5 Å². The molecule has 1 fully saturated rings. The summed E-state index contributed by atoms with van der Waals surface area (Å²) in [7, 11) is 13.0. The largest absolute Gasteiger partial charge is 0.485 e. The van der Waals surface area contributed by atoms with Crippen LogP contribution in [-0.2, 0) is 18.0 Å². The fraction of sp³-hybridized carbons (Fsp3) is 0.355. The summed E-state index contributed by atoms with van der Waals surface area (Å²) in [5, 5.41) is -1.88. The van der Waals surface area contributed by atoms with Crippen molar-refractivity contribution in [3.63, 3.8) is 0 Å². The fourth-order valence-corrected chi connectivity index (χ4v) is 5.13. The van der Waals surface area contributed by atoms with E-state index in [1.807, 2.05) is 0 Å². The first kappa shape index (κ1) is 29.8. The van der Waals surface area contributed by atoms with E-state index in [0.717, 1.165) is 48.8 Å². The van der Waals surface area contributed by atoms with Gasteiger partial charge in [-0.2, -0.15) is 18.2 Å². The van der Waals surface area contributed by atoms with Crippen LogP contribution in [0.5, 0.6) is 5.88 Å². The van der Waals surface area contributed by atoms with Crippen LogP contribution in [0.1, 0.15) is 74.6 Å². The number of benzene rings is 1. The Morgan fingerprint density at radius 1 is 1.00 bits per heavy atom. The zero-order valence-electron chi connectivity index (χ0n) is 24.5. The van der Waals surface area contributed by atoms with Gasteiger partial charge in [-0.05, 0) is 50.8 Å². The number of ether oxygens (including phenoxy) is 1. The molecule has 13 heteroatoms. The summed E-state index contributed by atoms with van der Waals surface area (Å²) in [5.74, 6) is 0.979. The van der Waals surface area contributed by atoms with E-state index in [2.05, 4.69) is 26.9 Å². The van der Waals surface area contributed by atoms with Crippen molar-refractivity contribution in [3.8, 4) is 28.7 Å². The third-order valence-corrected chi connectivity index (χ3v) is 7.49. The fourth-order valence-electron chi connectivity index (χ4n) is 5.13. The van der Waals surface area contributed by atoms with Crippen molar-refractivity contribution in [2.24, 2.45) is 0 Å². The Hall–Kier alpha value is -4.28. The zero-order valence-corrected chi connectivity index (χ0v) is 24.5. The Morgan fingerprint density at radius 3 is 2.41 bits per heavy atom. The summed E-state index contributed by atoms with van der Waals surface area (Å²) >= 11 is 0. The van der Waals surface area contributed by atoms with Crippen molar-refractivity contribution in [1.29, 1.82) is 0 Å². The van der Waals surface area contributed by atoms with Gasteiger partial charge in [0.25, 0.3) is 0 Å². The minimum absolute atomic E-state index is 0.0814. The molecule has 4 aromatic heterocycles. The van der Waals surface area contributed by atoms with Crippen LogP contribution in [0.2, 0.25) is 0 Å². The van der Waals surface area contributed by atoms with Crippen LogP contribution < -0.4 is 4.74 Å². The molecule has 0 saturated heterocycles. The molecule has 0 unspecified atom stereocenters. The van der Waals surface area contributed by atoms with E-state index in [-0.39, 0.29) is 17.7 Å². The minimum Gasteiger partial charge on any atom is -0.485 e. The summed E-state index contributed by atoms with van der Waals surface area (Å²) in [6.45, 7) is 5.65. The minimum atomic E-state index is -4.57. The van der Waals surface area contributed by atoms with E-state index in [4.69, 9.17) is 30.4 Å². The van der Waals surface area contributed by atoms with Gasteiger partial charge < -0.3 is 9.30 Å². The topological polar surface area (TPSA) is 91.5 Å². The molecule has 44 heavy (non-hydrogen) atoms. The lowest BCUT2D eigenvalue weighted by Gasteiger charge is -2.28. The Kier molecular flexibility index (Phi) is 7.67. The Balaban J connectivity index is 1.38. The van der Waals surface area contributed by atoms with Crippen molar-refractivity contribution < 1.29 is 17.9 Å². The number of rotatable bonds is 9. The molecule has 8 nitrogen and oxygen atoms in total. The van der Waals surface area contributed by atoms with Gasteiger partial charge in [0.2, 0.25) is 5.88 Å². The van der Waals surface area contributed by atoms with Gasteiger partial charge in [-0.15, -0.1) is 0 Å². The third-order valence-electron chi connectivity index (χ3n) is 7.49. The number of hydrogen-bond donors (Lipinski definition) is 0. The Bertz CT molecular complexity index is 1820. The predicted molar refractivity (Wildman–Crippen MR) is 161 cm³/mol. The molecule has 0 spiro atoms. The molecule has 1 saturated carbocycles. The maximum Gasteiger partial charge on any atom is 0.434 e. The summed E-state index contributed by atoms with van der Waals surface area (Å²) in [6.07, 6.45) is 3.31. The van der Waals surface area contributed by atoms with Gasteiger partial charge in [-0.25, -0.2) is 24.9 Å². The Labute approximate surface area is 255 Å². The number of alkyl halides is 3. The second-order valence-corrected chi connectivity index (χ2v) is 11.2. The van der Waals surface area contributed by atoms with Gasteiger partial charge in [0.15, 0.2) is 17.0 Å². The zero-order chi connectivity index (χ0) is 31.2. The van der Waals surface area contributed by atoms with E-state index in [1.165, 1.54) is 4.57 Å². The molecule has 0 aliphatic heterocycles. The van der Waals surface area contributed by atoms with Crippen LogP contribution in [-0.4, -0.2) is 50.2 Å². The Morgan fingerprint density at radius 2 is 1.75 bits per heavy atom. The molecule has 1 aliphatic carbocycles. The molecule has 4 radical (unpaired) electrons. The molecule has 1 aliphatic rings. The van der Waals surface area contributed by atoms with E-state index in [9.17, 15) is 13.2 Å². The van der Waals surface area contributed by atoms with Crippen LogP contribution >= 0.6 is 0 Å². The maximum absolute atomic E-state index is 13.4. The van der Waals surface area contributed by atoms with E-state index < -0.39 is 17.3 Å². The SMILES string of the molecule is [B]C([B])(Oc1nc(-c2c(CCC)ncnc2C2CC2)nc2cccnc12)c1ccc(-c2nc(C(F)(F)F)cn2C(C)C)cc1. The average Bonchev–Trinajstić information content (AvgIpc) is 3.73. The van der Waals surface area contributed by atoms with Crippen molar-refractivity contribution in [3.05, 3.63) is 77.8 Å². The highest BCUT2D eigenvalue weighted by Gasteiger charge is 2.36. The first-order chi connectivity index (χ1) is 21.0. The molecule has 0 N–H and O–H groups in total. The van der Waals surface area contributed by atoms with Crippen molar-refractivity contribution >= 4 is 26.7 Å². The number of aryl methyl sites for hydroxylation is 1. The second-order valence-electron chi connectivity index (χ2n) is 11.2. The van der Waals surface area contributed by atoms with Gasteiger partial charge in [-0.3, -0.25) is 0 Å². The number of nitrogens with zero attached hydrogens (tertiary/aromatic N) is 7. The van der Waals surface area contributed by atoms with E-state index >= 15 is 0 Å². The van der Waals surface area contributed by atoms with Crippen LogP contribution in [0.4, 0.5) is 13.2 Å². The van der Waals surface area contributed by atoms with Gasteiger partial charge in [-0.1, -0.05) is 37.6 Å². The molecule has 0 bridgehead atoms. The second kappa shape index (κ2) is 11.3. The molecular formula is C31H28B2F3N7O. The van der Waals surface area contributed by atoms with Crippen LogP contribution in [0.15, 0.2) is 55.1 Å². The van der Waals surface area contributed by atoms with Crippen LogP contribution in [0.3, 0.4) is 0 Å². The van der Waals surface area contributed by atoms with E-state index in [0.29, 0.717) is 33.9 Å². The number of imidazole rings is 1. The summed E-state index contributed by atoms with van der Waals surface area (Å²) in [6, 6.07) is 9.72. The number of aromatic nitrogens is 7. The normalized spacial score (nSPS) is 14.0. The van der Waals surface area contributed by atoms with Crippen molar-refractivity contribution in [2.75, 3.05) is 0 Å². The monoisotopic (exact) mass is 593 g/mol. The molecule has 0 atom stereocenters. The lowest BCUT2D eigenvalue weighted by molar-refractivity contribution is -0.140. The highest BCUT2D eigenvalue weighted by molar-refractivity contribution is 6.39. The average molecular weight is 593 g/mol. The van der Waals surface area contributed by atoms with Crippen molar-refractivity contribution in [2.45, 2.75) is 70.0 Å². The lowest BCUT2D eigenvalue weighted by atomic mass is 9.61. The molecular weight excluding hydrogens is 565 g/mol. The third kappa shape index (κ3) is 5.79. The molecule has 1 aromatic carbocycles. The first-order valence-electron chi connectivity index (χ1n) is 14.5. The summed E-state index contributed by atoms with van der Waals surface area (Å²) < 4.78 is 47.9. The first-order valence-corrected chi connectivity index (χ1v) is 14.5. The van der Waals surface area contributed by atoms with Crippen LogP contribution in [0, 0.1) is 0 Å². The quantitative estimate of drug-likeness (QED) is 0.185. The number of pyridine rings is 1. The van der Waals surface area contributed by atoms with Gasteiger partial charge >= 0.3 is 6.18 Å². The summed E-state index contributed by atoms with van der Waals surface area (Å²) in [4.78, 5) is 27.0. The molecule has 220 valence electrons. The molecule has 5 aromatic rings. The predicted octanol–water partition coefficient (Wildman–Crippen LogP) is 6.30. The number of halogens is 3. The van der Waals surface area contributed by atoms with E-state index in [1.54, 1.807) is 62.8 Å². The molecule has 6 rings (SSSR count). The number of hydrogen-bond acceptors (Lipinski definition) is 7. The van der Waals surface area contributed by atoms with Gasteiger partial charge in [0.05, 0.1) is 27.9 Å².